The number of halogens is 6. The second-order valence-electron chi connectivity index (χ2n) is 7.18. The largest absolute Gasteiger partial charge is 0.476 e. The van der Waals surface area contributed by atoms with Crippen LogP contribution in [0.3, 0.4) is 0 Å². The average molecular weight is 535 g/mol. The first-order chi connectivity index (χ1) is 16.9. The molecule has 3 rings (SSSR count). The van der Waals surface area contributed by atoms with Gasteiger partial charge in [0.15, 0.2) is 5.69 Å². The molecule has 194 valence electrons. The number of hydrogen-bond donors (Lipinski definition) is 3. The van der Waals surface area contributed by atoms with E-state index in [-0.39, 0.29) is 42.0 Å². The minimum absolute atomic E-state index is 0.00300. The van der Waals surface area contributed by atoms with Crippen molar-refractivity contribution >= 4 is 33.9 Å². The Balaban J connectivity index is 1.54. The molecule has 9 nitrogen and oxygen atoms in total. The van der Waals surface area contributed by atoms with E-state index in [1.807, 2.05) is 0 Å². The molecule has 0 bridgehead atoms. The predicted octanol–water partition coefficient (Wildman–Crippen LogP) is 4.57. The predicted molar refractivity (Wildman–Crippen MR) is 118 cm³/mol. The Hall–Kier alpha value is -3.53. The van der Waals surface area contributed by atoms with Crippen molar-refractivity contribution in [1.82, 2.24) is 24.6 Å². The van der Waals surface area contributed by atoms with Gasteiger partial charge in [-0.2, -0.15) is 30.7 Å². The van der Waals surface area contributed by atoms with Crippen LogP contribution >= 0.6 is 11.5 Å². The van der Waals surface area contributed by atoms with Gasteiger partial charge in [0.05, 0.1) is 42.0 Å². The van der Waals surface area contributed by atoms with Gasteiger partial charge in [-0.25, -0.2) is 15.0 Å². The van der Waals surface area contributed by atoms with E-state index in [0.29, 0.717) is 17.6 Å². The molecule has 3 aromatic heterocycles. The lowest BCUT2D eigenvalue weighted by Gasteiger charge is -2.10. The minimum Gasteiger partial charge on any atom is -0.476 e. The van der Waals surface area contributed by atoms with E-state index < -0.39 is 30.4 Å². The lowest BCUT2D eigenvalue weighted by molar-refractivity contribution is -0.141. The molecule has 0 saturated heterocycles. The summed E-state index contributed by atoms with van der Waals surface area (Å²) in [5.74, 6) is -0.341. The normalized spacial score (nSPS) is 11.9. The summed E-state index contributed by atoms with van der Waals surface area (Å²) in [5.41, 5.74) is -0.288. The van der Waals surface area contributed by atoms with Gasteiger partial charge in [0, 0.05) is 19.2 Å². The summed E-state index contributed by atoms with van der Waals surface area (Å²) in [6.45, 7) is 1.66. The van der Waals surface area contributed by atoms with E-state index in [1.165, 1.54) is 18.3 Å². The standard InChI is InChI=1S/C20H19F6N7O2S/c1-11-16(18(36-33-11)32-14-10-28-13(9-29-14)20(24,25)26)17(34)31-12-2-3-15(30-8-12)35-7-6-27-5-4-19(21,22)23/h2-3,8-10,27H,4-7H2,1H3,(H,29,32)(H,31,34). The summed E-state index contributed by atoms with van der Waals surface area (Å²) >= 11 is 0.922. The Morgan fingerprint density at radius 2 is 1.81 bits per heavy atom. The van der Waals surface area contributed by atoms with Crippen molar-refractivity contribution in [3.63, 3.8) is 0 Å². The second kappa shape index (κ2) is 11.5. The molecule has 0 aliphatic heterocycles. The van der Waals surface area contributed by atoms with Crippen LogP contribution in [0.25, 0.3) is 0 Å². The van der Waals surface area contributed by atoms with Gasteiger partial charge in [-0.3, -0.25) is 4.79 Å². The Kier molecular flexibility index (Phi) is 8.62. The van der Waals surface area contributed by atoms with Gasteiger partial charge in [-0.15, -0.1) is 0 Å². The number of anilines is 3. The molecule has 16 heteroatoms. The average Bonchev–Trinajstić information content (AvgIpc) is 3.16. The number of alkyl halides is 6. The maximum atomic E-state index is 12.8. The molecule has 36 heavy (non-hydrogen) atoms. The van der Waals surface area contributed by atoms with Gasteiger partial charge in [-0.1, -0.05) is 0 Å². The van der Waals surface area contributed by atoms with Crippen LogP contribution in [-0.4, -0.2) is 51.1 Å². The van der Waals surface area contributed by atoms with Crippen molar-refractivity contribution in [2.45, 2.75) is 25.7 Å². The Morgan fingerprint density at radius 1 is 1.03 bits per heavy atom. The number of pyridine rings is 1. The zero-order chi connectivity index (χ0) is 26.3. The molecule has 0 unspecified atom stereocenters. The van der Waals surface area contributed by atoms with Gasteiger partial charge in [0.1, 0.15) is 17.4 Å². The van der Waals surface area contributed by atoms with E-state index in [9.17, 15) is 31.1 Å². The first-order valence-electron chi connectivity index (χ1n) is 10.2. The van der Waals surface area contributed by atoms with Gasteiger partial charge in [0.2, 0.25) is 5.88 Å². The van der Waals surface area contributed by atoms with E-state index in [2.05, 4.69) is 35.3 Å². The van der Waals surface area contributed by atoms with E-state index in [0.717, 1.165) is 17.7 Å². The number of nitrogens with one attached hydrogen (secondary N) is 3. The fourth-order valence-corrected chi connectivity index (χ4v) is 3.50. The highest BCUT2D eigenvalue weighted by Crippen LogP contribution is 2.30. The van der Waals surface area contributed by atoms with Gasteiger partial charge < -0.3 is 20.7 Å². The number of hydrogen-bond acceptors (Lipinski definition) is 9. The van der Waals surface area contributed by atoms with Crippen LogP contribution in [0.2, 0.25) is 0 Å². The van der Waals surface area contributed by atoms with E-state index in [4.69, 9.17) is 4.74 Å². The molecule has 1 amide bonds. The van der Waals surface area contributed by atoms with Crippen LogP contribution in [0.1, 0.15) is 28.2 Å². The van der Waals surface area contributed by atoms with Crippen LogP contribution in [-0.2, 0) is 6.18 Å². The Bertz CT molecular complexity index is 1150. The number of amides is 1. The summed E-state index contributed by atoms with van der Waals surface area (Å²) in [7, 11) is 0. The van der Waals surface area contributed by atoms with E-state index >= 15 is 0 Å². The van der Waals surface area contributed by atoms with Crippen LogP contribution in [0.4, 0.5) is 42.8 Å². The highest BCUT2D eigenvalue weighted by atomic mass is 32.1. The van der Waals surface area contributed by atoms with Crippen LogP contribution in [0, 0.1) is 6.92 Å². The highest BCUT2D eigenvalue weighted by molar-refractivity contribution is 7.10. The van der Waals surface area contributed by atoms with Crippen molar-refractivity contribution in [3.05, 3.63) is 47.7 Å². The van der Waals surface area contributed by atoms with Crippen LogP contribution < -0.4 is 20.7 Å². The molecule has 0 saturated carbocycles. The Labute approximate surface area is 204 Å². The molecule has 3 aromatic rings. The van der Waals surface area contributed by atoms with Crippen molar-refractivity contribution in [2.75, 3.05) is 30.3 Å². The van der Waals surface area contributed by atoms with Gasteiger partial charge >= 0.3 is 12.4 Å². The van der Waals surface area contributed by atoms with Crippen molar-refractivity contribution in [2.24, 2.45) is 0 Å². The third-order valence-electron chi connectivity index (χ3n) is 4.38. The number of rotatable bonds is 10. The van der Waals surface area contributed by atoms with Gasteiger partial charge in [-0.05, 0) is 24.5 Å². The van der Waals surface area contributed by atoms with Crippen LogP contribution in [0.5, 0.6) is 5.88 Å². The maximum Gasteiger partial charge on any atom is 0.434 e. The molecule has 0 aromatic carbocycles. The number of aromatic nitrogens is 4. The summed E-state index contributed by atoms with van der Waals surface area (Å²) in [6, 6.07) is 2.99. The number of carbonyl (C=O) groups is 1. The molecule has 3 N–H and O–H groups in total. The summed E-state index contributed by atoms with van der Waals surface area (Å²) < 4.78 is 83.7. The molecule has 0 aliphatic carbocycles. The van der Waals surface area contributed by atoms with Crippen molar-refractivity contribution < 1.29 is 35.9 Å². The molecular weight excluding hydrogens is 516 g/mol. The lowest BCUT2D eigenvalue weighted by Crippen LogP contribution is -2.26. The Morgan fingerprint density at radius 3 is 2.42 bits per heavy atom. The number of carbonyl (C=O) groups excluding carboxylic acids is 1. The fourth-order valence-electron chi connectivity index (χ4n) is 2.69. The van der Waals surface area contributed by atoms with E-state index in [1.54, 1.807) is 6.92 Å². The molecular formula is C20H19F6N7O2S. The number of nitrogens with zero attached hydrogens (tertiary/aromatic N) is 4. The molecule has 0 atom stereocenters. The molecule has 3 heterocycles. The smallest absolute Gasteiger partial charge is 0.434 e. The molecule has 0 fully saturated rings. The first-order valence-corrected chi connectivity index (χ1v) is 11.0. The third kappa shape index (κ3) is 8.01. The lowest BCUT2D eigenvalue weighted by atomic mass is 10.2. The number of aryl methyl sites for hydroxylation is 1. The summed E-state index contributed by atoms with van der Waals surface area (Å²) in [6.07, 6.45) is -6.99. The molecule has 0 spiro atoms. The third-order valence-corrected chi connectivity index (χ3v) is 5.24. The fraction of sp³-hybridized carbons (Fsp3) is 0.350. The quantitative estimate of drug-likeness (QED) is 0.256. The van der Waals surface area contributed by atoms with Crippen molar-refractivity contribution in [1.29, 1.82) is 0 Å². The first kappa shape index (κ1) is 27.1. The molecule has 0 radical (unpaired) electrons. The number of ether oxygens (including phenoxy) is 1. The second-order valence-corrected chi connectivity index (χ2v) is 7.96. The zero-order valence-corrected chi connectivity index (χ0v) is 19.3. The van der Waals surface area contributed by atoms with Gasteiger partial charge in [0.25, 0.3) is 5.91 Å². The topological polar surface area (TPSA) is 114 Å². The molecule has 0 aliphatic rings. The maximum absolute atomic E-state index is 12.8. The van der Waals surface area contributed by atoms with Crippen LogP contribution in [0.15, 0.2) is 30.7 Å². The highest BCUT2D eigenvalue weighted by Gasteiger charge is 2.33. The SMILES string of the molecule is Cc1nsc(Nc2cnc(C(F)(F)F)cn2)c1C(=O)Nc1ccc(OCCNCCC(F)(F)F)nc1. The summed E-state index contributed by atoms with van der Waals surface area (Å²) in [4.78, 5) is 23.8. The summed E-state index contributed by atoms with van der Waals surface area (Å²) in [5, 5.41) is 8.23. The zero-order valence-electron chi connectivity index (χ0n) is 18.5. The minimum atomic E-state index is -4.63. The van der Waals surface area contributed by atoms with Crippen molar-refractivity contribution in [3.8, 4) is 5.88 Å². The monoisotopic (exact) mass is 535 g/mol.